The standard InChI is InChI=1S/C12H26N2.2C2H6/c1-5-6-11(2)9-14-8-7-13(4)12(3)10-14;2*1-2/h11-12H,5-10H2,1-4H3;2*1-2H3. The minimum Gasteiger partial charge on any atom is -0.301 e. The molecule has 1 heterocycles. The molecule has 2 heteroatoms. The lowest BCUT2D eigenvalue weighted by Crippen LogP contribution is -2.50. The van der Waals surface area contributed by atoms with Crippen molar-refractivity contribution in [2.75, 3.05) is 33.2 Å². The van der Waals surface area contributed by atoms with Gasteiger partial charge in [0, 0.05) is 32.2 Å². The Bertz CT molecular complexity index is 159. The maximum Gasteiger partial charge on any atom is 0.0192 e. The number of hydrogen-bond donors (Lipinski definition) is 0. The van der Waals surface area contributed by atoms with Crippen molar-refractivity contribution < 1.29 is 0 Å². The second kappa shape index (κ2) is 13.4. The smallest absolute Gasteiger partial charge is 0.0192 e. The van der Waals surface area contributed by atoms with Crippen LogP contribution in [0.25, 0.3) is 0 Å². The Morgan fingerprint density at radius 2 is 1.67 bits per heavy atom. The molecule has 0 aromatic carbocycles. The number of piperazine rings is 1. The molecule has 1 rings (SSSR count). The molecule has 0 amide bonds. The van der Waals surface area contributed by atoms with E-state index in [1.54, 1.807) is 0 Å². The van der Waals surface area contributed by atoms with Crippen molar-refractivity contribution in [2.45, 2.75) is 67.3 Å². The third-order valence-electron chi connectivity index (χ3n) is 3.40. The summed E-state index contributed by atoms with van der Waals surface area (Å²) in [6, 6.07) is 0.734. The van der Waals surface area contributed by atoms with E-state index >= 15 is 0 Å². The summed E-state index contributed by atoms with van der Waals surface area (Å²) in [5.74, 6) is 0.871. The van der Waals surface area contributed by atoms with E-state index in [4.69, 9.17) is 0 Å². The molecule has 1 saturated heterocycles. The van der Waals surface area contributed by atoms with Gasteiger partial charge in [0.05, 0.1) is 0 Å². The van der Waals surface area contributed by atoms with Crippen LogP contribution >= 0.6 is 0 Å². The Morgan fingerprint density at radius 1 is 1.11 bits per heavy atom. The van der Waals surface area contributed by atoms with Gasteiger partial charge in [0.25, 0.3) is 0 Å². The first-order valence-electron chi connectivity index (χ1n) is 8.06. The zero-order valence-electron chi connectivity index (χ0n) is 14.3. The molecular weight excluding hydrogens is 220 g/mol. The summed E-state index contributed by atoms with van der Waals surface area (Å²) >= 11 is 0. The molecule has 1 fully saturated rings. The lowest BCUT2D eigenvalue weighted by atomic mass is 10.0. The molecule has 1 aliphatic heterocycles. The van der Waals surface area contributed by atoms with Gasteiger partial charge in [0.1, 0.15) is 0 Å². The summed E-state index contributed by atoms with van der Waals surface area (Å²) in [5, 5.41) is 0. The summed E-state index contributed by atoms with van der Waals surface area (Å²) in [4.78, 5) is 5.09. The monoisotopic (exact) mass is 258 g/mol. The fourth-order valence-electron chi connectivity index (χ4n) is 2.31. The van der Waals surface area contributed by atoms with Crippen molar-refractivity contribution in [3.63, 3.8) is 0 Å². The van der Waals surface area contributed by atoms with Gasteiger partial charge < -0.3 is 9.80 Å². The number of rotatable bonds is 4. The number of likely N-dealkylation sites (N-methyl/N-ethyl adjacent to an activating group) is 1. The Morgan fingerprint density at radius 3 is 2.11 bits per heavy atom. The normalized spacial score (nSPS) is 22.3. The second-order valence-electron chi connectivity index (χ2n) is 4.98. The Kier molecular flexibility index (Phi) is 15.0. The average Bonchev–Trinajstić information content (AvgIpc) is 2.39. The lowest BCUT2D eigenvalue weighted by molar-refractivity contribution is 0.0931. The first kappa shape index (κ1) is 20.2. The Labute approximate surface area is 117 Å². The van der Waals surface area contributed by atoms with Crippen LogP contribution in [0.15, 0.2) is 0 Å². The molecule has 1 aliphatic rings. The zero-order chi connectivity index (χ0) is 14.6. The quantitative estimate of drug-likeness (QED) is 0.749. The molecule has 2 atom stereocenters. The van der Waals surface area contributed by atoms with E-state index < -0.39 is 0 Å². The SMILES string of the molecule is CC.CC.CCCC(C)CN1CCN(C)C(C)C1. The second-order valence-corrected chi connectivity index (χ2v) is 4.98. The van der Waals surface area contributed by atoms with E-state index in [1.165, 1.54) is 39.0 Å². The van der Waals surface area contributed by atoms with Gasteiger partial charge in [-0.1, -0.05) is 48.0 Å². The summed E-state index contributed by atoms with van der Waals surface area (Å²) in [6.07, 6.45) is 2.70. The summed E-state index contributed by atoms with van der Waals surface area (Å²) < 4.78 is 0. The van der Waals surface area contributed by atoms with E-state index in [0.717, 1.165) is 12.0 Å². The highest BCUT2D eigenvalue weighted by molar-refractivity contribution is 4.77. The fourth-order valence-corrected chi connectivity index (χ4v) is 2.31. The third kappa shape index (κ3) is 8.93. The largest absolute Gasteiger partial charge is 0.301 e. The van der Waals surface area contributed by atoms with Crippen LogP contribution in [0.5, 0.6) is 0 Å². The van der Waals surface area contributed by atoms with Gasteiger partial charge in [-0.25, -0.2) is 0 Å². The summed E-state index contributed by atoms with van der Waals surface area (Å²) in [5.41, 5.74) is 0. The predicted octanol–water partition coefficient (Wildman–Crippen LogP) is 4.11. The van der Waals surface area contributed by atoms with Gasteiger partial charge in [0.15, 0.2) is 0 Å². The fraction of sp³-hybridized carbons (Fsp3) is 1.00. The van der Waals surface area contributed by atoms with Crippen molar-refractivity contribution in [1.82, 2.24) is 9.80 Å². The van der Waals surface area contributed by atoms with Crippen LogP contribution in [0.3, 0.4) is 0 Å². The van der Waals surface area contributed by atoms with Crippen LogP contribution in [-0.4, -0.2) is 49.1 Å². The predicted molar refractivity (Wildman–Crippen MR) is 85.3 cm³/mol. The van der Waals surface area contributed by atoms with Crippen molar-refractivity contribution >= 4 is 0 Å². The average molecular weight is 258 g/mol. The molecule has 0 bridgehead atoms. The molecule has 0 spiro atoms. The van der Waals surface area contributed by atoms with Crippen molar-refractivity contribution in [2.24, 2.45) is 5.92 Å². The molecule has 0 aromatic rings. The number of hydrogen-bond acceptors (Lipinski definition) is 2. The van der Waals surface area contributed by atoms with E-state index in [-0.39, 0.29) is 0 Å². The van der Waals surface area contributed by atoms with Crippen LogP contribution < -0.4 is 0 Å². The van der Waals surface area contributed by atoms with Gasteiger partial charge in [-0.3, -0.25) is 0 Å². The minimum absolute atomic E-state index is 0.734. The van der Waals surface area contributed by atoms with Gasteiger partial charge in [-0.05, 0) is 26.3 Å². The Balaban J connectivity index is 0. The van der Waals surface area contributed by atoms with E-state index in [1.807, 2.05) is 27.7 Å². The minimum atomic E-state index is 0.734. The first-order valence-corrected chi connectivity index (χ1v) is 8.06. The molecule has 2 nitrogen and oxygen atoms in total. The highest BCUT2D eigenvalue weighted by atomic mass is 15.3. The van der Waals surface area contributed by atoms with Crippen LogP contribution in [0.4, 0.5) is 0 Å². The molecule has 0 radical (unpaired) electrons. The van der Waals surface area contributed by atoms with E-state index in [2.05, 4.69) is 37.6 Å². The van der Waals surface area contributed by atoms with E-state index in [9.17, 15) is 0 Å². The topological polar surface area (TPSA) is 6.48 Å². The highest BCUT2D eigenvalue weighted by Gasteiger charge is 2.21. The number of nitrogens with zero attached hydrogens (tertiary/aromatic N) is 2. The third-order valence-corrected chi connectivity index (χ3v) is 3.40. The van der Waals surface area contributed by atoms with Crippen LogP contribution in [0, 0.1) is 5.92 Å². The summed E-state index contributed by atoms with van der Waals surface area (Å²) in [6.45, 7) is 20.0. The van der Waals surface area contributed by atoms with Crippen LogP contribution in [-0.2, 0) is 0 Å². The molecule has 18 heavy (non-hydrogen) atoms. The molecule has 112 valence electrons. The molecule has 0 saturated carbocycles. The maximum atomic E-state index is 2.63. The van der Waals surface area contributed by atoms with Gasteiger partial charge in [-0.2, -0.15) is 0 Å². The molecule has 0 aromatic heterocycles. The molecule has 0 aliphatic carbocycles. The van der Waals surface area contributed by atoms with E-state index in [0.29, 0.717) is 0 Å². The molecular formula is C16H38N2. The highest BCUT2D eigenvalue weighted by Crippen LogP contribution is 2.12. The van der Waals surface area contributed by atoms with Crippen molar-refractivity contribution in [3.8, 4) is 0 Å². The molecule has 2 unspecified atom stereocenters. The Hall–Kier alpha value is -0.0800. The lowest BCUT2D eigenvalue weighted by Gasteiger charge is -2.38. The van der Waals surface area contributed by atoms with Crippen molar-refractivity contribution in [1.29, 1.82) is 0 Å². The van der Waals surface area contributed by atoms with Gasteiger partial charge in [0.2, 0.25) is 0 Å². The van der Waals surface area contributed by atoms with Gasteiger partial charge >= 0.3 is 0 Å². The van der Waals surface area contributed by atoms with Gasteiger partial charge in [-0.15, -0.1) is 0 Å². The van der Waals surface area contributed by atoms with Crippen molar-refractivity contribution in [3.05, 3.63) is 0 Å². The first-order chi connectivity index (χ1) is 8.63. The van der Waals surface area contributed by atoms with Crippen LogP contribution in [0.1, 0.15) is 61.3 Å². The molecule has 0 N–H and O–H groups in total. The maximum absolute atomic E-state index is 2.63. The van der Waals surface area contributed by atoms with Crippen LogP contribution in [0.2, 0.25) is 0 Å². The summed E-state index contributed by atoms with van der Waals surface area (Å²) in [7, 11) is 2.23. The zero-order valence-corrected chi connectivity index (χ0v) is 14.3.